The lowest BCUT2D eigenvalue weighted by Gasteiger charge is -2.04. The van der Waals surface area contributed by atoms with Gasteiger partial charge in [0.1, 0.15) is 6.61 Å². The third kappa shape index (κ3) is 2.17. The predicted molar refractivity (Wildman–Crippen MR) is 46.1 cm³/mol. The van der Waals surface area contributed by atoms with E-state index in [4.69, 9.17) is 10.5 Å². The first kappa shape index (κ1) is 8.93. The maximum atomic E-state index is 5.27. The van der Waals surface area contributed by atoms with Crippen LogP contribution in [0.5, 0.6) is 5.88 Å². The highest BCUT2D eigenvalue weighted by Gasteiger charge is 1.98. The molecule has 0 radical (unpaired) electrons. The summed E-state index contributed by atoms with van der Waals surface area (Å²) < 4.78 is 5.19. The Morgan fingerprint density at radius 3 is 2.75 bits per heavy atom. The van der Waals surface area contributed by atoms with Crippen LogP contribution in [0, 0.1) is 13.8 Å². The summed E-state index contributed by atoms with van der Waals surface area (Å²) in [4.78, 5) is 8.27. The molecule has 0 saturated carbocycles. The molecule has 0 aromatic carbocycles. The lowest BCUT2D eigenvalue weighted by atomic mass is 10.4. The van der Waals surface area contributed by atoms with E-state index < -0.39 is 0 Å². The predicted octanol–water partition coefficient (Wildman–Crippen LogP) is 0.431. The van der Waals surface area contributed by atoms with Crippen molar-refractivity contribution in [1.29, 1.82) is 0 Å². The number of hydrogen-bond donors (Lipinski definition) is 1. The van der Waals surface area contributed by atoms with Crippen LogP contribution in [-0.2, 0) is 0 Å². The lowest BCUT2D eigenvalue weighted by molar-refractivity contribution is 0.313. The van der Waals surface area contributed by atoms with Crippen molar-refractivity contribution < 1.29 is 4.74 Å². The summed E-state index contributed by atoms with van der Waals surface area (Å²) in [5, 5.41) is 0. The minimum absolute atomic E-state index is 0.483. The van der Waals surface area contributed by atoms with Gasteiger partial charge in [-0.3, -0.25) is 4.98 Å². The molecule has 0 spiro atoms. The Morgan fingerprint density at radius 1 is 1.42 bits per heavy atom. The molecule has 0 aliphatic rings. The molecule has 1 aromatic rings. The van der Waals surface area contributed by atoms with Crippen LogP contribution < -0.4 is 10.5 Å². The fraction of sp³-hybridized carbons (Fsp3) is 0.500. The number of rotatable bonds is 3. The van der Waals surface area contributed by atoms with E-state index in [9.17, 15) is 0 Å². The number of hydrogen-bond acceptors (Lipinski definition) is 4. The summed E-state index contributed by atoms with van der Waals surface area (Å²) in [5.41, 5.74) is 7.09. The molecule has 1 rings (SSSR count). The zero-order valence-corrected chi connectivity index (χ0v) is 7.37. The van der Waals surface area contributed by atoms with Crippen molar-refractivity contribution in [3.63, 3.8) is 0 Å². The second kappa shape index (κ2) is 4.01. The van der Waals surface area contributed by atoms with Crippen LogP contribution >= 0.6 is 0 Å². The molecule has 0 unspecified atom stereocenters. The standard InChI is InChI=1S/C8H13N3O/c1-6-7(2)11-8(5-10-6)12-4-3-9/h5H,3-4,9H2,1-2H3. The number of aromatic nitrogens is 2. The zero-order chi connectivity index (χ0) is 8.97. The maximum Gasteiger partial charge on any atom is 0.232 e. The largest absolute Gasteiger partial charge is 0.475 e. The van der Waals surface area contributed by atoms with Gasteiger partial charge in [0.15, 0.2) is 0 Å². The van der Waals surface area contributed by atoms with E-state index in [1.165, 1.54) is 0 Å². The van der Waals surface area contributed by atoms with E-state index in [-0.39, 0.29) is 0 Å². The van der Waals surface area contributed by atoms with E-state index >= 15 is 0 Å². The Kier molecular flexibility index (Phi) is 2.99. The Labute approximate surface area is 71.8 Å². The number of aryl methyl sites for hydroxylation is 2. The van der Waals surface area contributed by atoms with Crippen molar-refractivity contribution in [1.82, 2.24) is 9.97 Å². The lowest BCUT2D eigenvalue weighted by Crippen LogP contribution is -2.11. The van der Waals surface area contributed by atoms with Gasteiger partial charge in [0.25, 0.3) is 0 Å². The van der Waals surface area contributed by atoms with Gasteiger partial charge in [0.2, 0.25) is 5.88 Å². The molecule has 4 nitrogen and oxygen atoms in total. The van der Waals surface area contributed by atoms with Gasteiger partial charge in [-0.05, 0) is 13.8 Å². The van der Waals surface area contributed by atoms with Crippen LogP contribution in [0.15, 0.2) is 6.20 Å². The molecule has 0 amide bonds. The van der Waals surface area contributed by atoms with Gasteiger partial charge < -0.3 is 10.5 Å². The van der Waals surface area contributed by atoms with E-state index in [0.717, 1.165) is 11.4 Å². The first-order chi connectivity index (χ1) is 5.74. The second-order valence-electron chi connectivity index (χ2n) is 2.52. The third-order valence-electron chi connectivity index (χ3n) is 1.54. The highest BCUT2D eigenvalue weighted by atomic mass is 16.5. The van der Waals surface area contributed by atoms with Crippen molar-refractivity contribution in [3.05, 3.63) is 17.6 Å². The molecule has 0 bridgehead atoms. The number of nitrogens with two attached hydrogens (primary N) is 1. The fourth-order valence-electron chi connectivity index (χ4n) is 0.754. The molecule has 0 saturated heterocycles. The Morgan fingerprint density at radius 2 is 2.17 bits per heavy atom. The van der Waals surface area contributed by atoms with E-state index in [1.54, 1.807) is 6.20 Å². The van der Waals surface area contributed by atoms with Gasteiger partial charge in [0, 0.05) is 6.54 Å². The maximum absolute atomic E-state index is 5.27. The SMILES string of the molecule is Cc1ncc(OCCN)nc1C. The fourth-order valence-corrected chi connectivity index (χ4v) is 0.754. The molecule has 2 N–H and O–H groups in total. The van der Waals surface area contributed by atoms with Crippen molar-refractivity contribution in [2.75, 3.05) is 13.2 Å². The highest BCUT2D eigenvalue weighted by molar-refractivity contribution is 5.14. The van der Waals surface area contributed by atoms with E-state index in [2.05, 4.69) is 9.97 Å². The van der Waals surface area contributed by atoms with Crippen LogP contribution in [0.3, 0.4) is 0 Å². The minimum atomic E-state index is 0.483. The van der Waals surface area contributed by atoms with E-state index in [1.807, 2.05) is 13.8 Å². The average Bonchev–Trinajstić information content (AvgIpc) is 2.07. The van der Waals surface area contributed by atoms with Gasteiger partial charge in [-0.15, -0.1) is 0 Å². The Bertz CT molecular complexity index is 262. The van der Waals surface area contributed by atoms with Crippen molar-refractivity contribution in [2.45, 2.75) is 13.8 Å². The number of nitrogens with zero attached hydrogens (tertiary/aromatic N) is 2. The monoisotopic (exact) mass is 167 g/mol. The topological polar surface area (TPSA) is 61.0 Å². The molecule has 66 valence electrons. The zero-order valence-electron chi connectivity index (χ0n) is 7.37. The number of ether oxygens (including phenoxy) is 1. The molecule has 12 heavy (non-hydrogen) atoms. The van der Waals surface area contributed by atoms with Crippen LogP contribution in [-0.4, -0.2) is 23.1 Å². The summed E-state index contributed by atoms with van der Waals surface area (Å²) in [6.07, 6.45) is 1.61. The van der Waals surface area contributed by atoms with Crippen molar-refractivity contribution >= 4 is 0 Å². The van der Waals surface area contributed by atoms with Gasteiger partial charge in [-0.1, -0.05) is 0 Å². The normalized spacial score (nSPS) is 9.92. The summed E-state index contributed by atoms with van der Waals surface area (Å²) in [5.74, 6) is 0.545. The first-order valence-corrected chi connectivity index (χ1v) is 3.87. The minimum Gasteiger partial charge on any atom is -0.475 e. The van der Waals surface area contributed by atoms with Gasteiger partial charge >= 0.3 is 0 Å². The van der Waals surface area contributed by atoms with Crippen LogP contribution in [0.25, 0.3) is 0 Å². The van der Waals surface area contributed by atoms with Crippen LogP contribution in [0.4, 0.5) is 0 Å². The van der Waals surface area contributed by atoms with Crippen molar-refractivity contribution in [2.24, 2.45) is 5.73 Å². The molecule has 0 fully saturated rings. The molecule has 4 heteroatoms. The van der Waals surface area contributed by atoms with E-state index in [0.29, 0.717) is 19.0 Å². The highest BCUT2D eigenvalue weighted by Crippen LogP contribution is 2.07. The average molecular weight is 167 g/mol. The summed E-state index contributed by atoms with van der Waals surface area (Å²) in [6.45, 7) is 4.79. The smallest absolute Gasteiger partial charge is 0.232 e. The third-order valence-corrected chi connectivity index (χ3v) is 1.54. The molecular formula is C8H13N3O. The Balaban J connectivity index is 2.69. The van der Waals surface area contributed by atoms with Crippen LogP contribution in [0.1, 0.15) is 11.4 Å². The second-order valence-corrected chi connectivity index (χ2v) is 2.52. The Hall–Kier alpha value is -1.16. The molecule has 1 aromatic heterocycles. The molecule has 0 atom stereocenters. The van der Waals surface area contributed by atoms with Crippen LogP contribution in [0.2, 0.25) is 0 Å². The summed E-state index contributed by atoms with van der Waals surface area (Å²) >= 11 is 0. The van der Waals surface area contributed by atoms with Gasteiger partial charge in [-0.2, -0.15) is 0 Å². The quantitative estimate of drug-likeness (QED) is 0.709. The van der Waals surface area contributed by atoms with Crippen molar-refractivity contribution in [3.8, 4) is 5.88 Å². The van der Waals surface area contributed by atoms with Gasteiger partial charge in [-0.25, -0.2) is 4.98 Å². The summed E-state index contributed by atoms with van der Waals surface area (Å²) in [7, 11) is 0. The molecular weight excluding hydrogens is 154 g/mol. The molecule has 0 aliphatic heterocycles. The molecule has 1 heterocycles. The molecule has 0 aliphatic carbocycles. The summed E-state index contributed by atoms with van der Waals surface area (Å²) in [6, 6.07) is 0. The first-order valence-electron chi connectivity index (χ1n) is 3.87. The van der Waals surface area contributed by atoms with Gasteiger partial charge in [0.05, 0.1) is 17.6 Å².